The molecule has 0 unspecified atom stereocenters. The molecule has 0 aliphatic carbocycles. The molecular weight excluding hydrogens is 254 g/mol. The number of anilines is 2. The summed E-state index contributed by atoms with van der Waals surface area (Å²) in [5.41, 5.74) is 2.44. The first kappa shape index (κ1) is 14.0. The van der Waals surface area contributed by atoms with Gasteiger partial charge in [-0.05, 0) is 12.5 Å². The molecule has 1 aromatic heterocycles. The highest BCUT2D eigenvalue weighted by molar-refractivity contribution is 5.38. The summed E-state index contributed by atoms with van der Waals surface area (Å²) in [4.78, 5) is 14.6. The molecule has 20 heavy (non-hydrogen) atoms. The van der Waals surface area contributed by atoms with Crippen LogP contribution >= 0.6 is 0 Å². The van der Waals surface area contributed by atoms with Crippen LogP contribution in [0, 0.1) is 6.92 Å². The molecule has 0 aliphatic heterocycles. The Labute approximate surface area is 118 Å². The lowest BCUT2D eigenvalue weighted by Gasteiger charge is -2.18. The average molecular weight is 273 g/mol. The molecule has 0 radical (unpaired) electrons. The molecule has 0 aliphatic rings. The Bertz CT molecular complexity index is 565. The molecule has 0 fully saturated rings. The Kier molecular flexibility index (Phi) is 4.34. The number of hydrogen-bond acceptors (Lipinski definition) is 6. The van der Waals surface area contributed by atoms with Crippen molar-refractivity contribution in [2.24, 2.45) is 0 Å². The lowest BCUT2D eigenvalue weighted by atomic mass is 10.1. The minimum absolute atomic E-state index is 0.301. The smallest absolute Gasteiger partial charge is 0.322 e. The number of ether oxygens (including phenoxy) is 1. The van der Waals surface area contributed by atoms with Crippen LogP contribution in [0.25, 0.3) is 0 Å². The van der Waals surface area contributed by atoms with Crippen LogP contribution in [0.3, 0.4) is 0 Å². The van der Waals surface area contributed by atoms with E-state index in [9.17, 15) is 0 Å². The average Bonchev–Trinajstić information content (AvgIpc) is 2.46. The van der Waals surface area contributed by atoms with Crippen molar-refractivity contribution in [3.05, 3.63) is 35.4 Å². The second-order valence-electron chi connectivity index (χ2n) is 4.54. The van der Waals surface area contributed by atoms with Crippen molar-refractivity contribution in [1.82, 2.24) is 15.0 Å². The molecule has 0 amide bonds. The molecule has 2 rings (SSSR count). The molecule has 1 N–H and O–H groups in total. The van der Waals surface area contributed by atoms with Crippen molar-refractivity contribution in [1.29, 1.82) is 0 Å². The zero-order valence-electron chi connectivity index (χ0n) is 12.2. The summed E-state index contributed by atoms with van der Waals surface area (Å²) in [6.45, 7) is 2.80. The first-order valence-electron chi connectivity index (χ1n) is 6.37. The van der Waals surface area contributed by atoms with Gasteiger partial charge in [-0.1, -0.05) is 29.8 Å². The predicted octanol–water partition coefficient (Wildman–Crippen LogP) is 1.87. The Morgan fingerprint density at radius 2 is 2.05 bits per heavy atom. The fourth-order valence-electron chi connectivity index (χ4n) is 1.87. The summed E-state index contributed by atoms with van der Waals surface area (Å²) >= 11 is 0. The van der Waals surface area contributed by atoms with Gasteiger partial charge in [-0.2, -0.15) is 15.0 Å². The molecule has 106 valence electrons. The van der Waals surface area contributed by atoms with Crippen molar-refractivity contribution in [2.75, 3.05) is 31.4 Å². The lowest BCUT2D eigenvalue weighted by Crippen LogP contribution is -2.20. The van der Waals surface area contributed by atoms with Crippen molar-refractivity contribution in [3.8, 4) is 6.01 Å². The largest absolute Gasteiger partial charge is 0.467 e. The third-order valence-electron chi connectivity index (χ3n) is 2.85. The van der Waals surface area contributed by atoms with Gasteiger partial charge in [0.25, 0.3) is 0 Å². The molecular formula is C14H19N5O. The number of rotatable bonds is 5. The Morgan fingerprint density at radius 1 is 1.25 bits per heavy atom. The lowest BCUT2D eigenvalue weighted by molar-refractivity contribution is 0.379. The van der Waals surface area contributed by atoms with Crippen LogP contribution < -0.4 is 15.0 Å². The second kappa shape index (κ2) is 6.18. The van der Waals surface area contributed by atoms with E-state index in [0.29, 0.717) is 17.9 Å². The van der Waals surface area contributed by atoms with Gasteiger partial charge >= 0.3 is 6.01 Å². The van der Waals surface area contributed by atoms with E-state index in [4.69, 9.17) is 4.74 Å². The van der Waals surface area contributed by atoms with Gasteiger partial charge in [0, 0.05) is 20.6 Å². The molecule has 1 heterocycles. The molecule has 0 saturated carbocycles. The van der Waals surface area contributed by atoms with Gasteiger partial charge in [0.2, 0.25) is 11.9 Å². The van der Waals surface area contributed by atoms with Gasteiger partial charge < -0.3 is 15.0 Å². The van der Waals surface area contributed by atoms with Crippen molar-refractivity contribution < 1.29 is 4.74 Å². The number of aryl methyl sites for hydroxylation is 1. The zero-order valence-corrected chi connectivity index (χ0v) is 12.2. The normalized spacial score (nSPS) is 10.2. The second-order valence-corrected chi connectivity index (χ2v) is 4.54. The molecule has 6 nitrogen and oxygen atoms in total. The minimum atomic E-state index is 0.301. The molecule has 6 heteroatoms. The van der Waals surface area contributed by atoms with Gasteiger partial charge in [-0.15, -0.1) is 0 Å². The fraction of sp³-hybridized carbons (Fsp3) is 0.357. The first-order valence-corrected chi connectivity index (χ1v) is 6.37. The van der Waals surface area contributed by atoms with Gasteiger partial charge in [-0.3, -0.25) is 0 Å². The van der Waals surface area contributed by atoms with E-state index in [-0.39, 0.29) is 0 Å². The number of methoxy groups -OCH3 is 1. The predicted molar refractivity (Wildman–Crippen MR) is 79.2 cm³/mol. The van der Waals surface area contributed by atoms with Crippen LogP contribution in [0.4, 0.5) is 11.9 Å². The molecule has 0 bridgehead atoms. The Morgan fingerprint density at radius 3 is 2.70 bits per heavy atom. The summed E-state index contributed by atoms with van der Waals surface area (Å²) in [5, 5.41) is 2.90. The molecule has 1 aromatic carbocycles. The summed E-state index contributed by atoms with van der Waals surface area (Å²) in [6, 6.07) is 8.66. The maximum atomic E-state index is 5.09. The molecule has 0 atom stereocenters. The van der Waals surface area contributed by atoms with E-state index < -0.39 is 0 Å². The number of nitrogens with zero attached hydrogens (tertiary/aromatic N) is 4. The van der Waals surface area contributed by atoms with Crippen molar-refractivity contribution >= 4 is 11.9 Å². The number of benzene rings is 1. The summed E-state index contributed by atoms with van der Waals surface area (Å²) in [7, 11) is 5.24. The summed E-state index contributed by atoms with van der Waals surface area (Å²) < 4.78 is 5.09. The van der Waals surface area contributed by atoms with E-state index in [1.54, 1.807) is 14.2 Å². The quantitative estimate of drug-likeness (QED) is 0.897. The Hall–Kier alpha value is -2.37. The third-order valence-corrected chi connectivity index (χ3v) is 2.85. The first-order chi connectivity index (χ1) is 9.62. The van der Waals surface area contributed by atoms with Crippen LogP contribution in [0.5, 0.6) is 6.01 Å². The van der Waals surface area contributed by atoms with E-state index in [1.807, 2.05) is 18.0 Å². The van der Waals surface area contributed by atoms with Crippen LogP contribution in [-0.4, -0.2) is 36.2 Å². The highest BCUT2D eigenvalue weighted by Gasteiger charge is 2.10. The van der Waals surface area contributed by atoms with Crippen molar-refractivity contribution in [3.63, 3.8) is 0 Å². The standard InChI is InChI=1S/C14H19N5O/c1-10-6-5-7-11(8-10)9-19(3)13-16-12(15-2)17-14(18-13)20-4/h5-8H,9H2,1-4H3,(H,15,16,17,18). The Balaban J connectivity index is 2.22. The molecule has 0 saturated heterocycles. The van der Waals surface area contributed by atoms with Gasteiger partial charge in [0.15, 0.2) is 0 Å². The van der Waals surface area contributed by atoms with Crippen molar-refractivity contribution in [2.45, 2.75) is 13.5 Å². The number of nitrogens with one attached hydrogen (secondary N) is 1. The summed E-state index contributed by atoms with van der Waals surface area (Å²) in [5.74, 6) is 1.06. The van der Waals surface area contributed by atoms with Crippen LogP contribution in [0.2, 0.25) is 0 Å². The molecule has 2 aromatic rings. The van der Waals surface area contributed by atoms with Crippen LogP contribution in [-0.2, 0) is 6.54 Å². The monoisotopic (exact) mass is 273 g/mol. The minimum Gasteiger partial charge on any atom is -0.467 e. The van der Waals surface area contributed by atoms with Crippen LogP contribution in [0.1, 0.15) is 11.1 Å². The highest BCUT2D eigenvalue weighted by atomic mass is 16.5. The third kappa shape index (κ3) is 3.34. The van der Waals surface area contributed by atoms with Gasteiger partial charge in [0.05, 0.1) is 7.11 Å². The summed E-state index contributed by atoms with van der Waals surface area (Å²) in [6.07, 6.45) is 0. The fourth-order valence-corrected chi connectivity index (χ4v) is 1.87. The maximum Gasteiger partial charge on any atom is 0.322 e. The number of aromatic nitrogens is 3. The topological polar surface area (TPSA) is 63.2 Å². The van der Waals surface area contributed by atoms with Crippen LogP contribution in [0.15, 0.2) is 24.3 Å². The van der Waals surface area contributed by atoms with E-state index in [1.165, 1.54) is 11.1 Å². The SMILES string of the molecule is CNc1nc(OC)nc(N(C)Cc2cccc(C)c2)n1. The van der Waals surface area contributed by atoms with E-state index >= 15 is 0 Å². The molecule has 0 spiro atoms. The van der Waals surface area contributed by atoms with E-state index in [2.05, 4.69) is 45.4 Å². The van der Waals surface area contributed by atoms with Gasteiger partial charge in [0.1, 0.15) is 0 Å². The zero-order chi connectivity index (χ0) is 14.5. The number of hydrogen-bond donors (Lipinski definition) is 1. The van der Waals surface area contributed by atoms with Gasteiger partial charge in [-0.25, -0.2) is 0 Å². The maximum absolute atomic E-state index is 5.09. The highest BCUT2D eigenvalue weighted by Crippen LogP contribution is 2.16. The van der Waals surface area contributed by atoms with E-state index in [0.717, 1.165) is 6.54 Å².